The molecule has 0 fully saturated rings. The lowest BCUT2D eigenvalue weighted by Gasteiger charge is -2.10. The number of aryl methyl sites for hydroxylation is 1. The first kappa shape index (κ1) is 19.8. The first-order valence-electron chi connectivity index (χ1n) is 9.90. The predicted octanol–water partition coefficient (Wildman–Crippen LogP) is 4.22. The van der Waals surface area contributed by atoms with Crippen LogP contribution in [-0.4, -0.2) is 31.1 Å². The summed E-state index contributed by atoms with van der Waals surface area (Å²) in [6.07, 6.45) is 1.64. The van der Waals surface area contributed by atoms with Crippen molar-refractivity contribution in [2.75, 3.05) is 6.61 Å². The Morgan fingerprint density at radius 1 is 1.06 bits per heavy atom. The number of halogens is 2. The van der Waals surface area contributed by atoms with Crippen molar-refractivity contribution in [2.24, 2.45) is 7.05 Å². The molecule has 0 spiro atoms. The molecule has 9 heteroatoms. The van der Waals surface area contributed by atoms with Crippen molar-refractivity contribution in [3.05, 3.63) is 71.0 Å². The van der Waals surface area contributed by atoms with E-state index >= 15 is 0 Å². The van der Waals surface area contributed by atoms with Crippen molar-refractivity contribution in [1.82, 2.24) is 24.5 Å². The Hall–Kier alpha value is -4.14. The van der Waals surface area contributed by atoms with Gasteiger partial charge < -0.3 is 9.72 Å². The number of nitrogens with zero attached hydrogens (tertiary/aromatic N) is 4. The molecule has 4 heterocycles. The molecule has 5 rings (SSSR count). The van der Waals surface area contributed by atoms with Crippen LogP contribution in [0.1, 0.15) is 6.92 Å². The largest absolute Gasteiger partial charge is 0.478 e. The highest BCUT2D eigenvalue weighted by atomic mass is 19.1. The average Bonchev–Trinajstić information content (AvgIpc) is 3.08. The Morgan fingerprint density at radius 2 is 1.88 bits per heavy atom. The molecule has 0 unspecified atom stereocenters. The zero-order valence-corrected chi connectivity index (χ0v) is 17.2. The summed E-state index contributed by atoms with van der Waals surface area (Å²) in [4.78, 5) is 27.7. The molecule has 0 aliphatic carbocycles. The highest BCUT2D eigenvalue weighted by Gasteiger charge is 2.18. The number of benzene rings is 1. The van der Waals surface area contributed by atoms with Crippen LogP contribution in [0.3, 0.4) is 0 Å². The highest BCUT2D eigenvalue weighted by molar-refractivity contribution is 6.08. The molecule has 5 aromatic rings. The van der Waals surface area contributed by atoms with Gasteiger partial charge in [-0.25, -0.2) is 14.8 Å². The van der Waals surface area contributed by atoms with E-state index in [2.05, 4.69) is 15.0 Å². The topological polar surface area (TPSA) is 85.7 Å². The van der Waals surface area contributed by atoms with Crippen LogP contribution in [0, 0.1) is 11.9 Å². The molecule has 1 N–H and O–H groups in total. The zero-order chi connectivity index (χ0) is 22.4. The van der Waals surface area contributed by atoms with Crippen LogP contribution in [0.15, 0.2) is 53.5 Å². The van der Waals surface area contributed by atoms with Gasteiger partial charge in [0.05, 0.1) is 28.9 Å². The molecule has 160 valence electrons. The lowest BCUT2D eigenvalue weighted by Crippen LogP contribution is -2.12. The fourth-order valence-electron chi connectivity index (χ4n) is 3.75. The normalized spacial score (nSPS) is 11.4. The fraction of sp³-hybridized carbons (Fsp3) is 0.130. The molecule has 0 radical (unpaired) electrons. The first-order chi connectivity index (χ1) is 15.5. The van der Waals surface area contributed by atoms with Gasteiger partial charge in [-0.05, 0) is 42.8 Å². The summed E-state index contributed by atoms with van der Waals surface area (Å²) in [5.41, 5.74) is 3.37. The molecule has 0 amide bonds. The number of hydrogen-bond donors (Lipinski definition) is 1. The van der Waals surface area contributed by atoms with E-state index in [0.717, 1.165) is 6.07 Å². The number of aromatic amines is 1. The molecule has 0 saturated heterocycles. The monoisotopic (exact) mass is 433 g/mol. The Balaban J connectivity index is 1.76. The molecule has 0 aliphatic rings. The SMILES string of the molecule is CCOc1ccc(-c2nc3ccc(-c4ccc(F)nc4F)cc3c3[nH]c(=O)n(C)c23)cn1. The van der Waals surface area contributed by atoms with Gasteiger partial charge in [-0.2, -0.15) is 13.8 Å². The number of imidazole rings is 1. The minimum atomic E-state index is -0.910. The van der Waals surface area contributed by atoms with E-state index < -0.39 is 11.9 Å². The standard InChI is InChI=1S/C23H17F2N5O2/c1-3-32-18-9-5-13(11-26-18)19-21-20(29-23(31)30(21)2)15-10-12(4-7-16(15)27-19)14-6-8-17(24)28-22(14)25/h4-11H,3H2,1-2H3,(H,29,31). The Morgan fingerprint density at radius 3 is 2.59 bits per heavy atom. The first-order valence-corrected chi connectivity index (χ1v) is 9.90. The number of H-pyrrole nitrogens is 1. The quantitative estimate of drug-likeness (QED) is 0.429. The van der Waals surface area contributed by atoms with Crippen LogP contribution in [0.4, 0.5) is 8.78 Å². The number of pyridine rings is 3. The summed E-state index contributed by atoms with van der Waals surface area (Å²) in [6, 6.07) is 11.1. The van der Waals surface area contributed by atoms with Crippen LogP contribution < -0.4 is 10.4 Å². The summed E-state index contributed by atoms with van der Waals surface area (Å²) in [7, 11) is 1.65. The zero-order valence-electron chi connectivity index (χ0n) is 17.2. The maximum Gasteiger partial charge on any atom is 0.326 e. The van der Waals surface area contributed by atoms with E-state index in [4.69, 9.17) is 9.72 Å². The number of hydrogen-bond acceptors (Lipinski definition) is 5. The molecular weight excluding hydrogens is 416 g/mol. The number of ether oxygens (including phenoxy) is 1. The van der Waals surface area contributed by atoms with Gasteiger partial charge >= 0.3 is 5.69 Å². The Bertz CT molecular complexity index is 1540. The maximum absolute atomic E-state index is 14.2. The van der Waals surface area contributed by atoms with Gasteiger partial charge in [-0.15, -0.1) is 0 Å². The van der Waals surface area contributed by atoms with Crippen molar-refractivity contribution >= 4 is 21.9 Å². The number of aromatic nitrogens is 5. The van der Waals surface area contributed by atoms with E-state index in [0.29, 0.717) is 51.2 Å². The third-order valence-electron chi connectivity index (χ3n) is 5.26. The van der Waals surface area contributed by atoms with Crippen molar-refractivity contribution in [3.63, 3.8) is 0 Å². The van der Waals surface area contributed by atoms with Crippen molar-refractivity contribution in [1.29, 1.82) is 0 Å². The van der Waals surface area contributed by atoms with Crippen molar-refractivity contribution < 1.29 is 13.5 Å². The minimum Gasteiger partial charge on any atom is -0.478 e. The van der Waals surface area contributed by atoms with Crippen LogP contribution in [0.25, 0.3) is 44.3 Å². The molecule has 0 aliphatic heterocycles. The van der Waals surface area contributed by atoms with Gasteiger partial charge in [-0.1, -0.05) is 6.07 Å². The second-order valence-corrected chi connectivity index (χ2v) is 7.20. The molecular formula is C23H17F2N5O2. The molecule has 1 aromatic carbocycles. The van der Waals surface area contributed by atoms with E-state index in [1.165, 1.54) is 10.6 Å². The van der Waals surface area contributed by atoms with Crippen molar-refractivity contribution in [2.45, 2.75) is 6.92 Å². The van der Waals surface area contributed by atoms with Gasteiger partial charge in [-0.3, -0.25) is 4.57 Å². The third-order valence-corrected chi connectivity index (χ3v) is 5.26. The van der Waals surface area contributed by atoms with Gasteiger partial charge in [0, 0.05) is 35.8 Å². The third kappa shape index (κ3) is 3.18. The molecule has 32 heavy (non-hydrogen) atoms. The van der Waals surface area contributed by atoms with Gasteiger partial charge in [0.25, 0.3) is 0 Å². The van der Waals surface area contributed by atoms with Crippen LogP contribution >= 0.6 is 0 Å². The average molecular weight is 433 g/mol. The predicted molar refractivity (Wildman–Crippen MR) is 116 cm³/mol. The summed E-state index contributed by atoms with van der Waals surface area (Å²) in [6.45, 7) is 2.38. The van der Waals surface area contributed by atoms with E-state index in [9.17, 15) is 13.6 Å². The lowest BCUT2D eigenvalue weighted by molar-refractivity contribution is 0.327. The summed E-state index contributed by atoms with van der Waals surface area (Å²) in [5, 5.41) is 0.626. The van der Waals surface area contributed by atoms with Crippen LogP contribution in [0.5, 0.6) is 5.88 Å². The summed E-state index contributed by atoms with van der Waals surface area (Å²) in [5.74, 6) is -1.31. The van der Waals surface area contributed by atoms with Gasteiger partial charge in [0.1, 0.15) is 0 Å². The summed E-state index contributed by atoms with van der Waals surface area (Å²) >= 11 is 0. The van der Waals surface area contributed by atoms with Crippen LogP contribution in [-0.2, 0) is 7.05 Å². The molecule has 4 aromatic heterocycles. The molecule has 0 bridgehead atoms. The molecule has 0 atom stereocenters. The van der Waals surface area contributed by atoms with E-state index in [-0.39, 0.29) is 11.3 Å². The summed E-state index contributed by atoms with van der Waals surface area (Å²) < 4.78 is 34.3. The second-order valence-electron chi connectivity index (χ2n) is 7.20. The number of rotatable bonds is 4. The maximum atomic E-state index is 14.2. The second kappa shape index (κ2) is 7.52. The fourth-order valence-corrected chi connectivity index (χ4v) is 3.75. The van der Waals surface area contributed by atoms with Gasteiger partial charge in [0.2, 0.25) is 17.8 Å². The van der Waals surface area contributed by atoms with Crippen molar-refractivity contribution in [3.8, 4) is 28.3 Å². The molecule has 0 saturated carbocycles. The van der Waals surface area contributed by atoms with E-state index in [1.807, 2.05) is 13.0 Å². The van der Waals surface area contributed by atoms with E-state index in [1.54, 1.807) is 37.5 Å². The van der Waals surface area contributed by atoms with Crippen LogP contribution in [0.2, 0.25) is 0 Å². The smallest absolute Gasteiger partial charge is 0.326 e. The van der Waals surface area contributed by atoms with Gasteiger partial charge in [0.15, 0.2) is 0 Å². The lowest BCUT2D eigenvalue weighted by atomic mass is 10.0. The number of fused-ring (bicyclic) bond motifs is 3. The Labute approximate surface area is 180 Å². The minimum absolute atomic E-state index is 0.152. The Kier molecular flexibility index (Phi) is 4.66. The number of nitrogens with one attached hydrogen (secondary N) is 1. The molecule has 7 nitrogen and oxygen atoms in total. The highest BCUT2D eigenvalue weighted by Crippen LogP contribution is 2.33.